The Labute approximate surface area is 106 Å². The summed E-state index contributed by atoms with van der Waals surface area (Å²) in [5.41, 5.74) is 6.52. The molecular weight excluding hydrogens is 228 g/mol. The van der Waals surface area contributed by atoms with Gasteiger partial charge in [-0.3, -0.25) is 0 Å². The average molecular weight is 246 g/mol. The molecule has 0 radical (unpaired) electrons. The van der Waals surface area contributed by atoms with Gasteiger partial charge in [-0.15, -0.1) is 0 Å². The molecule has 0 bridgehead atoms. The third-order valence-electron chi connectivity index (χ3n) is 2.59. The summed E-state index contributed by atoms with van der Waals surface area (Å²) in [7, 11) is 1.97. The highest BCUT2D eigenvalue weighted by Gasteiger charge is 2.08. The van der Waals surface area contributed by atoms with Gasteiger partial charge in [0, 0.05) is 38.6 Å². The second-order valence-electron chi connectivity index (χ2n) is 4.00. The van der Waals surface area contributed by atoms with Crippen LogP contribution >= 0.6 is 0 Å². The van der Waals surface area contributed by atoms with E-state index >= 15 is 0 Å². The summed E-state index contributed by atoms with van der Waals surface area (Å²) >= 11 is 0. The van der Waals surface area contributed by atoms with Crippen molar-refractivity contribution in [3.8, 4) is 0 Å². The lowest BCUT2D eigenvalue weighted by Gasteiger charge is -2.17. The van der Waals surface area contributed by atoms with E-state index in [0.717, 1.165) is 23.1 Å². The van der Waals surface area contributed by atoms with Gasteiger partial charge in [-0.25, -0.2) is 9.97 Å². The van der Waals surface area contributed by atoms with Crippen LogP contribution in [0.25, 0.3) is 0 Å². The van der Waals surface area contributed by atoms with Crippen LogP contribution < -0.4 is 16.0 Å². The summed E-state index contributed by atoms with van der Waals surface area (Å²) in [5.74, 6) is 2.38. The minimum atomic E-state index is 0.575. The number of nitrogens with zero attached hydrogens (tertiary/aromatic N) is 3. The van der Waals surface area contributed by atoms with E-state index in [1.165, 1.54) is 0 Å². The summed E-state index contributed by atoms with van der Waals surface area (Å²) < 4.78 is 0. The Hall–Kier alpha value is -2.08. The van der Waals surface area contributed by atoms with Crippen LogP contribution in [0.4, 0.5) is 17.3 Å². The number of nitrogens with one attached hydrogen (secondary N) is 2. The number of aromatic nitrogens is 3. The van der Waals surface area contributed by atoms with Crippen LogP contribution in [0.3, 0.4) is 0 Å². The number of aryl methyl sites for hydroxylation is 1. The predicted molar refractivity (Wildman–Crippen MR) is 73.2 cm³/mol. The lowest BCUT2D eigenvalue weighted by molar-refractivity contribution is 0.974. The van der Waals surface area contributed by atoms with E-state index in [-0.39, 0.29) is 0 Å². The summed E-state index contributed by atoms with van der Waals surface area (Å²) in [6.45, 7) is 3.15. The Morgan fingerprint density at radius 3 is 2.94 bits per heavy atom. The van der Waals surface area contributed by atoms with Gasteiger partial charge in [0.2, 0.25) is 0 Å². The number of aromatic amines is 1. The zero-order chi connectivity index (χ0) is 13.0. The number of H-pyrrole nitrogens is 1. The van der Waals surface area contributed by atoms with Crippen LogP contribution in [-0.2, 0) is 0 Å². The van der Waals surface area contributed by atoms with Crippen LogP contribution in [0.5, 0.6) is 0 Å². The van der Waals surface area contributed by atoms with E-state index in [2.05, 4.69) is 20.3 Å². The molecule has 96 valence electrons. The molecule has 2 rings (SSSR count). The van der Waals surface area contributed by atoms with Gasteiger partial charge in [0.25, 0.3) is 0 Å². The first-order valence-corrected chi connectivity index (χ1v) is 5.87. The molecule has 0 unspecified atom stereocenters. The lowest BCUT2D eigenvalue weighted by Crippen LogP contribution is -2.16. The summed E-state index contributed by atoms with van der Waals surface area (Å²) in [4.78, 5) is 13.8. The second-order valence-corrected chi connectivity index (χ2v) is 4.00. The van der Waals surface area contributed by atoms with Crippen molar-refractivity contribution in [2.75, 3.05) is 30.4 Å². The van der Waals surface area contributed by atoms with Crippen molar-refractivity contribution in [3.05, 3.63) is 30.4 Å². The van der Waals surface area contributed by atoms with E-state index in [0.29, 0.717) is 13.1 Å². The van der Waals surface area contributed by atoms with Crippen LogP contribution in [0.15, 0.2) is 24.5 Å². The monoisotopic (exact) mass is 246 g/mol. The largest absolute Gasteiger partial charge is 0.369 e. The maximum absolute atomic E-state index is 5.47. The maximum Gasteiger partial charge on any atom is 0.138 e. The predicted octanol–water partition coefficient (Wildman–Crippen LogP) is 1.25. The highest BCUT2D eigenvalue weighted by Crippen LogP contribution is 2.22. The minimum Gasteiger partial charge on any atom is -0.369 e. The molecule has 4 N–H and O–H groups in total. The number of anilines is 3. The van der Waals surface area contributed by atoms with Gasteiger partial charge >= 0.3 is 0 Å². The van der Waals surface area contributed by atoms with Crippen LogP contribution in [0.2, 0.25) is 0 Å². The SMILES string of the molecule is Cc1nc(NCCN)cc(N(C)c2cc[nH]c2)n1. The van der Waals surface area contributed by atoms with Gasteiger partial charge in [-0.1, -0.05) is 0 Å². The summed E-state index contributed by atoms with van der Waals surface area (Å²) in [6.07, 6.45) is 3.80. The van der Waals surface area contributed by atoms with Crippen molar-refractivity contribution < 1.29 is 0 Å². The van der Waals surface area contributed by atoms with Crippen LogP contribution in [0, 0.1) is 6.92 Å². The maximum atomic E-state index is 5.47. The summed E-state index contributed by atoms with van der Waals surface area (Å²) in [6, 6.07) is 3.90. The standard InChI is InChI=1S/C12H18N6/c1-9-16-11(15-6-4-13)7-12(17-9)18(2)10-3-5-14-8-10/h3,5,7-8,14H,4,6,13H2,1-2H3,(H,15,16,17). The molecule has 6 heteroatoms. The zero-order valence-electron chi connectivity index (χ0n) is 10.6. The first-order valence-electron chi connectivity index (χ1n) is 5.87. The summed E-state index contributed by atoms with van der Waals surface area (Å²) in [5, 5.41) is 3.17. The van der Waals surface area contributed by atoms with Gasteiger partial charge in [0.1, 0.15) is 17.5 Å². The molecule has 0 saturated carbocycles. The smallest absolute Gasteiger partial charge is 0.138 e. The van der Waals surface area contributed by atoms with E-state index in [1.807, 2.05) is 43.4 Å². The van der Waals surface area contributed by atoms with Crippen molar-refractivity contribution in [2.45, 2.75) is 6.92 Å². The first kappa shape index (κ1) is 12.4. The zero-order valence-corrected chi connectivity index (χ0v) is 10.6. The molecule has 2 heterocycles. The fraction of sp³-hybridized carbons (Fsp3) is 0.333. The van der Waals surface area contributed by atoms with E-state index in [1.54, 1.807) is 0 Å². The molecule has 6 nitrogen and oxygen atoms in total. The van der Waals surface area contributed by atoms with Crippen LogP contribution in [-0.4, -0.2) is 35.1 Å². The second kappa shape index (κ2) is 5.50. The molecule has 0 atom stereocenters. The number of hydrogen-bond acceptors (Lipinski definition) is 5. The molecule has 0 fully saturated rings. The van der Waals surface area contributed by atoms with Gasteiger partial charge in [0.05, 0.1) is 5.69 Å². The molecule has 0 aliphatic carbocycles. The van der Waals surface area contributed by atoms with Crippen molar-refractivity contribution in [3.63, 3.8) is 0 Å². The highest BCUT2D eigenvalue weighted by atomic mass is 15.2. The average Bonchev–Trinajstić information content (AvgIpc) is 2.88. The molecule has 0 amide bonds. The molecule has 0 aliphatic rings. The molecule has 2 aromatic heterocycles. The Bertz CT molecular complexity index is 493. The van der Waals surface area contributed by atoms with E-state index in [4.69, 9.17) is 5.73 Å². The fourth-order valence-corrected chi connectivity index (χ4v) is 1.67. The molecule has 0 saturated heterocycles. The molecule has 0 aromatic carbocycles. The molecular formula is C12H18N6. The molecule has 0 aliphatic heterocycles. The van der Waals surface area contributed by atoms with Crippen molar-refractivity contribution >= 4 is 17.3 Å². The lowest BCUT2D eigenvalue weighted by atomic mass is 10.4. The first-order chi connectivity index (χ1) is 8.70. The van der Waals surface area contributed by atoms with Gasteiger partial charge in [-0.05, 0) is 13.0 Å². The Morgan fingerprint density at radius 2 is 2.28 bits per heavy atom. The van der Waals surface area contributed by atoms with Crippen LogP contribution in [0.1, 0.15) is 5.82 Å². The topological polar surface area (TPSA) is 82.9 Å². The van der Waals surface area contributed by atoms with Gasteiger partial charge in [-0.2, -0.15) is 0 Å². The third kappa shape index (κ3) is 2.78. The van der Waals surface area contributed by atoms with E-state index < -0.39 is 0 Å². The molecule has 0 spiro atoms. The van der Waals surface area contributed by atoms with Crippen molar-refractivity contribution in [1.82, 2.24) is 15.0 Å². The number of nitrogens with two attached hydrogens (primary N) is 1. The quantitative estimate of drug-likeness (QED) is 0.739. The molecule has 2 aromatic rings. The normalized spacial score (nSPS) is 10.4. The Morgan fingerprint density at radius 1 is 1.44 bits per heavy atom. The third-order valence-corrected chi connectivity index (χ3v) is 2.59. The fourth-order valence-electron chi connectivity index (χ4n) is 1.67. The number of rotatable bonds is 5. The number of hydrogen-bond donors (Lipinski definition) is 3. The highest BCUT2D eigenvalue weighted by molar-refractivity contribution is 5.61. The van der Waals surface area contributed by atoms with Gasteiger partial charge in [0.15, 0.2) is 0 Å². The van der Waals surface area contributed by atoms with Crippen molar-refractivity contribution in [1.29, 1.82) is 0 Å². The minimum absolute atomic E-state index is 0.575. The van der Waals surface area contributed by atoms with Gasteiger partial charge < -0.3 is 20.9 Å². The van der Waals surface area contributed by atoms with Crippen molar-refractivity contribution in [2.24, 2.45) is 5.73 Å². The van der Waals surface area contributed by atoms with E-state index in [9.17, 15) is 0 Å². The Kier molecular flexibility index (Phi) is 3.78. The molecule has 18 heavy (non-hydrogen) atoms. The Balaban J connectivity index is 2.24.